The van der Waals surface area contributed by atoms with E-state index in [4.69, 9.17) is 23.2 Å². The average Bonchev–Trinajstić information content (AvgIpc) is 2.95. The Hall–Kier alpha value is -2.57. The molecule has 1 aliphatic rings. The zero-order chi connectivity index (χ0) is 17.6. The van der Waals surface area contributed by atoms with Crippen LogP contribution in [0.3, 0.4) is 0 Å². The predicted molar refractivity (Wildman–Crippen MR) is 97.1 cm³/mol. The number of halogens is 2. The van der Waals surface area contributed by atoms with Crippen molar-refractivity contribution >= 4 is 57.7 Å². The third kappa shape index (κ3) is 2.83. The number of nitrogens with zero attached hydrogens (tertiary/aromatic N) is 2. The molecule has 1 atom stereocenters. The summed E-state index contributed by atoms with van der Waals surface area (Å²) in [6.45, 7) is 0. The van der Waals surface area contributed by atoms with Gasteiger partial charge in [-0.15, -0.1) is 0 Å². The van der Waals surface area contributed by atoms with E-state index >= 15 is 0 Å². The second-order valence-corrected chi connectivity index (χ2v) is 6.49. The second-order valence-electron chi connectivity index (χ2n) is 5.68. The molecule has 0 aliphatic carbocycles. The molecule has 1 aromatic heterocycles. The Morgan fingerprint density at radius 3 is 2.80 bits per heavy atom. The van der Waals surface area contributed by atoms with Crippen molar-refractivity contribution in [2.75, 3.05) is 10.6 Å². The number of para-hydroxylation sites is 2. The van der Waals surface area contributed by atoms with Crippen molar-refractivity contribution in [3.63, 3.8) is 0 Å². The van der Waals surface area contributed by atoms with Gasteiger partial charge in [-0.1, -0.05) is 35.3 Å². The van der Waals surface area contributed by atoms with Gasteiger partial charge in [0.25, 0.3) is 0 Å². The molecule has 6 nitrogen and oxygen atoms in total. The van der Waals surface area contributed by atoms with Crippen molar-refractivity contribution in [2.24, 2.45) is 0 Å². The van der Waals surface area contributed by atoms with Crippen molar-refractivity contribution in [3.8, 4) is 0 Å². The lowest BCUT2D eigenvalue weighted by atomic mass is 10.1. The Labute approximate surface area is 152 Å². The Morgan fingerprint density at radius 1 is 1.20 bits per heavy atom. The van der Waals surface area contributed by atoms with Crippen LogP contribution in [0.25, 0.3) is 11.0 Å². The van der Waals surface area contributed by atoms with Crippen LogP contribution in [0.5, 0.6) is 0 Å². The number of hydrogen-bond acceptors (Lipinski definition) is 3. The summed E-state index contributed by atoms with van der Waals surface area (Å²) in [5.41, 5.74) is 2.01. The monoisotopic (exact) mass is 374 g/mol. The highest BCUT2D eigenvalue weighted by Gasteiger charge is 2.32. The van der Waals surface area contributed by atoms with Gasteiger partial charge in [0.1, 0.15) is 6.04 Å². The molecule has 1 unspecified atom stereocenters. The molecule has 0 bridgehead atoms. The van der Waals surface area contributed by atoms with E-state index in [0.717, 1.165) is 5.52 Å². The number of carbonyl (C=O) groups is 2. The molecule has 8 heteroatoms. The lowest BCUT2D eigenvalue weighted by molar-refractivity contribution is -0.124. The van der Waals surface area contributed by atoms with Gasteiger partial charge in [-0.2, -0.15) is 0 Å². The van der Waals surface area contributed by atoms with Gasteiger partial charge in [-0.05, 0) is 30.3 Å². The molecule has 25 heavy (non-hydrogen) atoms. The zero-order valence-electron chi connectivity index (χ0n) is 12.8. The standard InChI is InChI=1S/C17H12Cl2N4O2/c18-10-6-5-9(7-11(10)19)20-16(25)14-8-15(24)22-17-21-12-3-1-2-4-13(12)23(14)17/h1-7,14H,8H2,(H,20,25)(H,21,22,24). The summed E-state index contributed by atoms with van der Waals surface area (Å²) in [5.74, 6) is -0.207. The fourth-order valence-corrected chi connectivity index (χ4v) is 3.20. The van der Waals surface area contributed by atoms with Crippen LogP contribution < -0.4 is 10.6 Å². The van der Waals surface area contributed by atoms with Crippen LogP contribution in [0.15, 0.2) is 42.5 Å². The van der Waals surface area contributed by atoms with Crippen molar-refractivity contribution in [3.05, 3.63) is 52.5 Å². The largest absolute Gasteiger partial charge is 0.324 e. The number of hydrogen-bond donors (Lipinski definition) is 2. The van der Waals surface area contributed by atoms with Crippen LogP contribution in [-0.2, 0) is 9.59 Å². The third-order valence-corrected chi connectivity index (χ3v) is 4.77. The molecule has 0 radical (unpaired) electrons. The number of imidazole rings is 1. The van der Waals surface area contributed by atoms with Gasteiger partial charge in [-0.25, -0.2) is 4.98 Å². The molecular formula is C17H12Cl2N4O2. The van der Waals surface area contributed by atoms with E-state index in [9.17, 15) is 9.59 Å². The Balaban J connectivity index is 1.71. The summed E-state index contributed by atoms with van der Waals surface area (Å²) < 4.78 is 1.74. The smallest absolute Gasteiger partial charge is 0.248 e. The minimum Gasteiger partial charge on any atom is -0.324 e. The maximum atomic E-state index is 12.8. The van der Waals surface area contributed by atoms with E-state index in [1.807, 2.05) is 24.3 Å². The first-order valence-corrected chi connectivity index (χ1v) is 8.31. The molecule has 126 valence electrons. The minimum atomic E-state index is -0.703. The van der Waals surface area contributed by atoms with Crippen LogP contribution >= 0.6 is 23.2 Å². The lowest BCUT2D eigenvalue weighted by Gasteiger charge is -2.25. The molecule has 3 aromatic rings. The van der Waals surface area contributed by atoms with E-state index in [1.165, 1.54) is 0 Å². The summed E-state index contributed by atoms with van der Waals surface area (Å²) in [7, 11) is 0. The van der Waals surface area contributed by atoms with Gasteiger partial charge in [-0.3, -0.25) is 19.5 Å². The molecule has 2 amide bonds. The van der Waals surface area contributed by atoms with Gasteiger partial charge < -0.3 is 5.32 Å². The predicted octanol–water partition coefficient (Wildman–Crippen LogP) is 3.87. The molecule has 0 spiro atoms. The molecule has 0 saturated heterocycles. The number of aromatic nitrogens is 2. The quantitative estimate of drug-likeness (QED) is 0.714. The normalized spacial score (nSPS) is 16.4. The van der Waals surface area contributed by atoms with E-state index in [-0.39, 0.29) is 18.2 Å². The summed E-state index contributed by atoms with van der Waals surface area (Å²) in [5, 5.41) is 6.24. The first kappa shape index (κ1) is 15.9. The number of rotatable bonds is 2. The molecule has 0 fully saturated rings. The van der Waals surface area contributed by atoms with Crippen LogP contribution in [-0.4, -0.2) is 21.4 Å². The fraction of sp³-hybridized carbons (Fsp3) is 0.118. The van der Waals surface area contributed by atoms with E-state index in [1.54, 1.807) is 22.8 Å². The summed E-state index contributed by atoms with van der Waals surface area (Å²) >= 11 is 11.9. The fourth-order valence-electron chi connectivity index (χ4n) is 2.90. The summed E-state index contributed by atoms with van der Waals surface area (Å²) in [6.07, 6.45) is 0.0283. The molecule has 0 saturated carbocycles. The van der Waals surface area contributed by atoms with Crippen molar-refractivity contribution in [1.82, 2.24) is 9.55 Å². The van der Waals surface area contributed by atoms with Gasteiger partial charge in [0.05, 0.1) is 27.5 Å². The van der Waals surface area contributed by atoms with E-state index < -0.39 is 6.04 Å². The van der Waals surface area contributed by atoms with Gasteiger partial charge in [0, 0.05) is 5.69 Å². The Kier molecular flexibility index (Phi) is 3.86. The van der Waals surface area contributed by atoms with Gasteiger partial charge >= 0.3 is 0 Å². The van der Waals surface area contributed by atoms with Crippen molar-refractivity contribution < 1.29 is 9.59 Å². The maximum absolute atomic E-state index is 12.8. The van der Waals surface area contributed by atoms with Crippen molar-refractivity contribution in [1.29, 1.82) is 0 Å². The maximum Gasteiger partial charge on any atom is 0.248 e. The highest BCUT2D eigenvalue weighted by Crippen LogP contribution is 2.31. The zero-order valence-corrected chi connectivity index (χ0v) is 14.3. The minimum absolute atomic E-state index is 0.0283. The Bertz CT molecular complexity index is 1020. The molecule has 2 aromatic carbocycles. The lowest BCUT2D eigenvalue weighted by Crippen LogP contribution is -2.35. The third-order valence-electron chi connectivity index (χ3n) is 4.03. The highest BCUT2D eigenvalue weighted by molar-refractivity contribution is 6.42. The number of nitrogens with one attached hydrogen (secondary N) is 2. The van der Waals surface area contributed by atoms with Crippen LogP contribution in [0.2, 0.25) is 10.0 Å². The topological polar surface area (TPSA) is 76.0 Å². The van der Waals surface area contributed by atoms with E-state index in [0.29, 0.717) is 27.2 Å². The number of carbonyl (C=O) groups excluding carboxylic acids is 2. The molecule has 2 N–H and O–H groups in total. The molecule has 1 aliphatic heterocycles. The number of anilines is 2. The average molecular weight is 375 g/mol. The second kappa shape index (κ2) is 6.06. The first-order valence-electron chi connectivity index (χ1n) is 7.55. The molecular weight excluding hydrogens is 363 g/mol. The van der Waals surface area contributed by atoms with Gasteiger partial charge in [0.15, 0.2) is 0 Å². The molecule has 2 heterocycles. The SMILES string of the molecule is O=C1CC(C(=O)Nc2ccc(Cl)c(Cl)c2)n2c(nc3ccccc32)N1. The first-order chi connectivity index (χ1) is 12.0. The summed E-state index contributed by atoms with van der Waals surface area (Å²) in [4.78, 5) is 29.2. The van der Waals surface area contributed by atoms with E-state index in [2.05, 4.69) is 15.6 Å². The number of amides is 2. The van der Waals surface area contributed by atoms with Crippen LogP contribution in [0, 0.1) is 0 Å². The Morgan fingerprint density at radius 2 is 2.00 bits per heavy atom. The highest BCUT2D eigenvalue weighted by atomic mass is 35.5. The van der Waals surface area contributed by atoms with Crippen LogP contribution in [0.1, 0.15) is 12.5 Å². The summed E-state index contributed by atoms with van der Waals surface area (Å²) in [6, 6.07) is 11.5. The molecule has 4 rings (SSSR count). The number of fused-ring (bicyclic) bond motifs is 3. The van der Waals surface area contributed by atoms with Crippen LogP contribution in [0.4, 0.5) is 11.6 Å². The van der Waals surface area contributed by atoms with Crippen molar-refractivity contribution in [2.45, 2.75) is 12.5 Å². The van der Waals surface area contributed by atoms with Gasteiger partial charge in [0.2, 0.25) is 17.8 Å². The number of benzene rings is 2.